The van der Waals surface area contributed by atoms with E-state index in [1.165, 1.54) is 38.5 Å². The Morgan fingerprint density at radius 3 is 2.61 bits per heavy atom. The van der Waals surface area contributed by atoms with E-state index < -0.39 is 0 Å². The van der Waals surface area contributed by atoms with Gasteiger partial charge in [-0.2, -0.15) is 0 Å². The molecule has 3 heteroatoms. The van der Waals surface area contributed by atoms with Crippen molar-refractivity contribution < 1.29 is 0 Å². The number of hydrogen-bond acceptors (Lipinski definition) is 2. The molecule has 0 amide bonds. The van der Waals surface area contributed by atoms with Crippen molar-refractivity contribution in [2.75, 3.05) is 0 Å². The number of nitrogens with zero attached hydrogens (tertiary/aromatic N) is 1. The predicted octanol–water partition coefficient (Wildman–Crippen LogP) is 4.20. The molecule has 104 valence electrons. The molecule has 0 aliphatic rings. The standard InChI is InChI=1S/C15H29N3/c1-4-6-7-8-9-10-13(3)18-14(5-2)15-16-11-12-17-15/h11-14,18H,4-10H2,1-3H3,(H,16,17). The zero-order chi connectivity index (χ0) is 13.2. The molecule has 1 heterocycles. The molecule has 1 aromatic rings. The quantitative estimate of drug-likeness (QED) is 0.612. The first-order chi connectivity index (χ1) is 8.77. The van der Waals surface area contributed by atoms with Gasteiger partial charge in [-0.25, -0.2) is 4.98 Å². The monoisotopic (exact) mass is 251 g/mol. The van der Waals surface area contributed by atoms with Crippen LogP contribution >= 0.6 is 0 Å². The van der Waals surface area contributed by atoms with Crippen LogP contribution in [0.1, 0.15) is 77.6 Å². The summed E-state index contributed by atoms with van der Waals surface area (Å²) >= 11 is 0. The number of H-pyrrole nitrogens is 1. The van der Waals surface area contributed by atoms with E-state index in [1.54, 1.807) is 0 Å². The molecule has 18 heavy (non-hydrogen) atoms. The lowest BCUT2D eigenvalue weighted by atomic mass is 10.1. The summed E-state index contributed by atoms with van der Waals surface area (Å²) in [4.78, 5) is 7.55. The second-order valence-electron chi connectivity index (χ2n) is 5.21. The van der Waals surface area contributed by atoms with Gasteiger partial charge >= 0.3 is 0 Å². The Morgan fingerprint density at radius 2 is 2.00 bits per heavy atom. The molecule has 2 N–H and O–H groups in total. The highest BCUT2D eigenvalue weighted by Gasteiger charge is 2.13. The highest BCUT2D eigenvalue weighted by Crippen LogP contribution is 2.14. The maximum atomic E-state index is 4.34. The number of rotatable bonds is 10. The summed E-state index contributed by atoms with van der Waals surface area (Å²) in [6, 6.07) is 0.937. The fourth-order valence-corrected chi connectivity index (χ4v) is 2.34. The van der Waals surface area contributed by atoms with Crippen molar-refractivity contribution >= 4 is 0 Å². The number of imidazole rings is 1. The van der Waals surface area contributed by atoms with Crippen LogP contribution in [0.15, 0.2) is 12.4 Å². The minimum Gasteiger partial charge on any atom is -0.347 e. The van der Waals surface area contributed by atoms with Crippen molar-refractivity contribution in [3.63, 3.8) is 0 Å². The highest BCUT2D eigenvalue weighted by molar-refractivity contribution is 4.95. The lowest BCUT2D eigenvalue weighted by Gasteiger charge is -2.20. The van der Waals surface area contributed by atoms with Crippen LogP contribution in [0.3, 0.4) is 0 Å². The lowest BCUT2D eigenvalue weighted by molar-refractivity contribution is 0.403. The van der Waals surface area contributed by atoms with E-state index in [4.69, 9.17) is 0 Å². The molecule has 2 unspecified atom stereocenters. The van der Waals surface area contributed by atoms with Crippen molar-refractivity contribution in [2.45, 2.75) is 77.8 Å². The Bertz CT molecular complexity index is 282. The van der Waals surface area contributed by atoms with Crippen molar-refractivity contribution in [1.29, 1.82) is 0 Å². The van der Waals surface area contributed by atoms with E-state index in [0.29, 0.717) is 12.1 Å². The van der Waals surface area contributed by atoms with Gasteiger partial charge in [0.2, 0.25) is 0 Å². The third kappa shape index (κ3) is 5.67. The van der Waals surface area contributed by atoms with Crippen LogP contribution in [0.5, 0.6) is 0 Å². The maximum absolute atomic E-state index is 4.34. The van der Waals surface area contributed by atoms with Crippen LogP contribution in [0.25, 0.3) is 0 Å². The molecule has 3 nitrogen and oxygen atoms in total. The van der Waals surface area contributed by atoms with Gasteiger partial charge in [0.25, 0.3) is 0 Å². The molecule has 2 atom stereocenters. The van der Waals surface area contributed by atoms with Crippen molar-refractivity contribution in [3.8, 4) is 0 Å². The second-order valence-corrected chi connectivity index (χ2v) is 5.21. The SMILES string of the molecule is CCCCCCCC(C)NC(CC)c1ncc[nH]1. The maximum Gasteiger partial charge on any atom is 0.123 e. The van der Waals surface area contributed by atoms with Crippen LogP contribution in [-0.2, 0) is 0 Å². The van der Waals surface area contributed by atoms with Crippen molar-refractivity contribution in [1.82, 2.24) is 15.3 Å². The lowest BCUT2D eigenvalue weighted by Crippen LogP contribution is -2.30. The third-order valence-electron chi connectivity index (χ3n) is 3.48. The molecule has 0 aliphatic carbocycles. The molecule has 0 saturated heterocycles. The fourth-order valence-electron chi connectivity index (χ4n) is 2.34. The van der Waals surface area contributed by atoms with Gasteiger partial charge in [-0.05, 0) is 19.8 Å². The highest BCUT2D eigenvalue weighted by atomic mass is 15.0. The third-order valence-corrected chi connectivity index (χ3v) is 3.48. The summed E-state index contributed by atoms with van der Waals surface area (Å²) in [6.45, 7) is 6.75. The fraction of sp³-hybridized carbons (Fsp3) is 0.800. The average Bonchev–Trinajstić information content (AvgIpc) is 2.89. The van der Waals surface area contributed by atoms with Crippen molar-refractivity contribution in [2.24, 2.45) is 0 Å². The summed E-state index contributed by atoms with van der Waals surface area (Å²) in [7, 11) is 0. The molecular weight excluding hydrogens is 222 g/mol. The van der Waals surface area contributed by atoms with Gasteiger partial charge in [0.15, 0.2) is 0 Å². The minimum absolute atomic E-state index is 0.366. The summed E-state index contributed by atoms with van der Waals surface area (Å²) in [6.07, 6.45) is 12.9. The van der Waals surface area contributed by atoms with Gasteiger partial charge in [0.1, 0.15) is 5.82 Å². The predicted molar refractivity (Wildman–Crippen MR) is 77.6 cm³/mol. The smallest absolute Gasteiger partial charge is 0.123 e. The average molecular weight is 251 g/mol. The van der Waals surface area contributed by atoms with Gasteiger partial charge in [-0.15, -0.1) is 0 Å². The van der Waals surface area contributed by atoms with E-state index in [2.05, 4.69) is 36.1 Å². The van der Waals surface area contributed by atoms with Crippen molar-refractivity contribution in [3.05, 3.63) is 18.2 Å². The van der Waals surface area contributed by atoms with E-state index in [1.807, 2.05) is 12.4 Å². The molecule has 1 aromatic heterocycles. The normalized spacial score (nSPS) is 14.6. The van der Waals surface area contributed by atoms with Gasteiger partial charge in [-0.1, -0.05) is 46.0 Å². The zero-order valence-corrected chi connectivity index (χ0v) is 12.2. The number of nitrogens with one attached hydrogen (secondary N) is 2. The molecule has 0 spiro atoms. The first-order valence-electron chi connectivity index (χ1n) is 7.53. The summed E-state index contributed by atoms with van der Waals surface area (Å²) in [5, 5.41) is 3.67. The van der Waals surface area contributed by atoms with Crippen LogP contribution < -0.4 is 5.32 Å². The molecule has 0 radical (unpaired) electrons. The first kappa shape index (κ1) is 15.2. The van der Waals surface area contributed by atoms with E-state index in [9.17, 15) is 0 Å². The van der Waals surface area contributed by atoms with Crippen LogP contribution in [0, 0.1) is 0 Å². The number of aromatic amines is 1. The summed E-state index contributed by atoms with van der Waals surface area (Å²) < 4.78 is 0. The second kappa shape index (κ2) is 9.15. The molecular formula is C15H29N3. The largest absolute Gasteiger partial charge is 0.347 e. The Morgan fingerprint density at radius 1 is 1.22 bits per heavy atom. The van der Waals surface area contributed by atoms with Gasteiger partial charge < -0.3 is 10.3 Å². The molecule has 0 saturated carbocycles. The van der Waals surface area contributed by atoms with Gasteiger partial charge in [-0.3, -0.25) is 0 Å². The Hall–Kier alpha value is -0.830. The summed E-state index contributed by atoms with van der Waals surface area (Å²) in [5.74, 6) is 1.07. The van der Waals surface area contributed by atoms with Crippen LogP contribution in [0.4, 0.5) is 0 Å². The number of unbranched alkanes of at least 4 members (excludes halogenated alkanes) is 4. The zero-order valence-electron chi connectivity index (χ0n) is 12.2. The molecule has 0 aromatic carbocycles. The topological polar surface area (TPSA) is 40.7 Å². The number of aromatic nitrogens is 2. The minimum atomic E-state index is 0.366. The van der Waals surface area contributed by atoms with Crippen LogP contribution in [-0.4, -0.2) is 16.0 Å². The number of hydrogen-bond donors (Lipinski definition) is 2. The van der Waals surface area contributed by atoms with Gasteiger partial charge in [0.05, 0.1) is 6.04 Å². The summed E-state index contributed by atoms with van der Waals surface area (Å²) in [5.41, 5.74) is 0. The first-order valence-corrected chi connectivity index (χ1v) is 7.53. The molecule has 0 bridgehead atoms. The molecule has 0 aliphatic heterocycles. The molecule has 0 fully saturated rings. The van der Waals surface area contributed by atoms with E-state index in [-0.39, 0.29) is 0 Å². The van der Waals surface area contributed by atoms with E-state index >= 15 is 0 Å². The Kier molecular flexibility index (Phi) is 7.74. The molecule has 1 rings (SSSR count). The Labute approximate surface area is 112 Å². The van der Waals surface area contributed by atoms with Crippen LogP contribution in [0.2, 0.25) is 0 Å². The van der Waals surface area contributed by atoms with E-state index in [0.717, 1.165) is 12.2 Å². The van der Waals surface area contributed by atoms with Gasteiger partial charge in [0, 0.05) is 18.4 Å². The Balaban J connectivity index is 2.19.